The van der Waals surface area contributed by atoms with Gasteiger partial charge in [-0.1, -0.05) is 30.7 Å². The number of nitrogens with one attached hydrogen (secondary N) is 1. The van der Waals surface area contributed by atoms with Crippen LogP contribution < -0.4 is 5.32 Å². The summed E-state index contributed by atoms with van der Waals surface area (Å²) in [6, 6.07) is 7.66. The minimum Gasteiger partial charge on any atom is -0.355 e. The maximum absolute atomic E-state index is 12.3. The summed E-state index contributed by atoms with van der Waals surface area (Å²) in [5.41, 5.74) is 1.15. The van der Waals surface area contributed by atoms with E-state index in [4.69, 9.17) is 11.6 Å². The zero-order valence-electron chi connectivity index (χ0n) is 13.7. The molecule has 1 unspecified atom stereocenters. The van der Waals surface area contributed by atoms with Gasteiger partial charge in [0.05, 0.1) is 5.92 Å². The van der Waals surface area contributed by atoms with Crippen molar-refractivity contribution in [2.24, 2.45) is 5.92 Å². The summed E-state index contributed by atoms with van der Waals surface area (Å²) in [5, 5.41) is 3.72. The second kappa shape index (κ2) is 8.92. The number of hydrogen-bond acceptors (Lipinski definition) is 2. The number of benzene rings is 1. The predicted molar refractivity (Wildman–Crippen MR) is 92.4 cm³/mol. The van der Waals surface area contributed by atoms with Gasteiger partial charge in [-0.3, -0.25) is 9.59 Å². The van der Waals surface area contributed by atoms with E-state index in [-0.39, 0.29) is 17.7 Å². The van der Waals surface area contributed by atoms with Crippen LogP contribution in [0.1, 0.15) is 38.2 Å². The van der Waals surface area contributed by atoms with E-state index in [9.17, 15) is 9.59 Å². The van der Waals surface area contributed by atoms with Gasteiger partial charge >= 0.3 is 0 Å². The average Bonchev–Trinajstić information content (AvgIpc) is 2.57. The van der Waals surface area contributed by atoms with Crippen LogP contribution in [0.5, 0.6) is 0 Å². The summed E-state index contributed by atoms with van der Waals surface area (Å²) in [5.74, 6) is 0.161. The highest BCUT2D eigenvalue weighted by Crippen LogP contribution is 2.18. The Hall–Kier alpha value is -1.55. The van der Waals surface area contributed by atoms with Crippen LogP contribution in [0.15, 0.2) is 24.3 Å². The van der Waals surface area contributed by atoms with E-state index in [0.717, 1.165) is 42.8 Å². The first-order chi connectivity index (χ1) is 11.1. The smallest absolute Gasteiger partial charge is 0.224 e. The number of likely N-dealkylation sites (tertiary alicyclic amines) is 1. The van der Waals surface area contributed by atoms with Crippen LogP contribution in [0.4, 0.5) is 0 Å². The van der Waals surface area contributed by atoms with Crippen molar-refractivity contribution in [2.45, 2.75) is 39.0 Å². The molecule has 5 heteroatoms. The van der Waals surface area contributed by atoms with E-state index >= 15 is 0 Å². The lowest BCUT2D eigenvalue weighted by Gasteiger charge is -2.32. The Balaban J connectivity index is 1.76. The molecule has 2 rings (SSSR count). The summed E-state index contributed by atoms with van der Waals surface area (Å²) in [4.78, 5) is 26.1. The number of nitrogens with zero attached hydrogens (tertiary/aromatic N) is 1. The fourth-order valence-electron chi connectivity index (χ4n) is 2.92. The second-order valence-electron chi connectivity index (χ2n) is 6.10. The standard InChI is InChI=1S/C18H25ClN2O2/c1-2-4-17(22)21-12-3-5-15(13-21)18(23)20-11-10-14-6-8-16(19)9-7-14/h6-9,15H,2-5,10-13H2,1H3,(H,20,23). The molecule has 0 aromatic heterocycles. The first kappa shape index (κ1) is 17.8. The first-order valence-electron chi connectivity index (χ1n) is 8.40. The van der Waals surface area contributed by atoms with Gasteiger partial charge in [-0.25, -0.2) is 0 Å². The molecule has 126 valence electrons. The quantitative estimate of drug-likeness (QED) is 0.868. The van der Waals surface area contributed by atoms with Crippen LogP contribution >= 0.6 is 11.6 Å². The molecule has 1 aromatic rings. The minimum atomic E-state index is -0.0743. The maximum Gasteiger partial charge on any atom is 0.224 e. The normalized spacial score (nSPS) is 17.8. The van der Waals surface area contributed by atoms with Gasteiger partial charge in [0.2, 0.25) is 11.8 Å². The van der Waals surface area contributed by atoms with Gasteiger partial charge in [-0.15, -0.1) is 0 Å². The van der Waals surface area contributed by atoms with E-state index < -0.39 is 0 Å². The summed E-state index contributed by atoms with van der Waals surface area (Å²) >= 11 is 5.86. The number of amides is 2. The molecule has 1 heterocycles. The Kier molecular flexibility index (Phi) is 6.90. The minimum absolute atomic E-state index is 0.0629. The van der Waals surface area contributed by atoms with E-state index in [2.05, 4.69) is 5.32 Å². The molecule has 0 radical (unpaired) electrons. The highest BCUT2D eigenvalue weighted by Gasteiger charge is 2.27. The zero-order valence-corrected chi connectivity index (χ0v) is 14.4. The molecule has 1 aromatic carbocycles. The Morgan fingerprint density at radius 3 is 2.74 bits per heavy atom. The van der Waals surface area contributed by atoms with Crippen molar-refractivity contribution in [3.8, 4) is 0 Å². The van der Waals surface area contributed by atoms with Crippen LogP contribution in [-0.4, -0.2) is 36.3 Å². The van der Waals surface area contributed by atoms with Gasteiger partial charge in [0.15, 0.2) is 0 Å². The molecule has 0 spiro atoms. The lowest BCUT2D eigenvalue weighted by atomic mass is 9.96. The van der Waals surface area contributed by atoms with Crippen molar-refractivity contribution in [1.82, 2.24) is 10.2 Å². The summed E-state index contributed by atoms with van der Waals surface area (Å²) in [7, 11) is 0. The van der Waals surface area contributed by atoms with Gasteiger partial charge < -0.3 is 10.2 Å². The molecule has 0 bridgehead atoms. The lowest BCUT2D eigenvalue weighted by Crippen LogP contribution is -2.45. The first-order valence-corrected chi connectivity index (χ1v) is 8.78. The Labute approximate surface area is 143 Å². The van der Waals surface area contributed by atoms with Crippen molar-refractivity contribution < 1.29 is 9.59 Å². The number of halogens is 1. The third-order valence-electron chi connectivity index (χ3n) is 4.23. The molecular weight excluding hydrogens is 312 g/mol. The molecule has 0 saturated carbocycles. The van der Waals surface area contributed by atoms with Crippen molar-refractivity contribution in [2.75, 3.05) is 19.6 Å². The molecule has 1 fully saturated rings. The fraction of sp³-hybridized carbons (Fsp3) is 0.556. The number of carbonyl (C=O) groups excluding carboxylic acids is 2. The van der Waals surface area contributed by atoms with Crippen molar-refractivity contribution >= 4 is 23.4 Å². The van der Waals surface area contributed by atoms with E-state index in [0.29, 0.717) is 19.5 Å². The highest BCUT2D eigenvalue weighted by atomic mass is 35.5. The van der Waals surface area contributed by atoms with Crippen LogP contribution in [0.3, 0.4) is 0 Å². The highest BCUT2D eigenvalue weighted by molar-refractivity contribution is 6.30. The molecule has 1 aliphatic rings. The van der Waals surface area contributed by atoms with Crippen LogP contribution in [0, 0.1) is 5.92 Å². The molecule has 2 amide bonds. The topological polar surface area (TPSA) is 49.4 Å². The van der Waals surface area contributed by atoms with E-state index in [1.165, 1.54) is 0 Å². The largest absolute Gasteiger partial charge is 0.355 e. The number of carbonyl (C=O) groups is 2. The van der Waals surface area contributed by atoms with Gasteiger partial charge in [0.25, 0.3) is 0 Å². The van der Waals surface area contributed by atoms with Crippen LogP contribution in [0.2, 0.25) is 5.02 Å². The van der Waals surface area contributed by atoms with Gasteiger partial charge in [0, 0.05) is 31.1 Å². The van der Waals surface area contributed by atoms with Crippen LogP contribution in [-0.2, 0) is 16.0 Å². The maximum atomic E-state index is 12.3. The summed E-state index contributed by atoms with van der Waals surface area (Å²) in [6.07, 6.45) is 3.99. The molecule has 1 N–H and O–H groups in total. The zero-order chi connectivity index (χ0) is 16.7. The fourth-order valence-corrected chi connectivity index (χ4v) is 3.04. The molecular formula is C18H25ClN2O2. The molecule has 0 aliphatic carbocycles. The third kappa shape index (κ3) is 5.54. The molecule has 4 nitrogen and oxygen atoms in total. The van der Waals surface area contributed by atoms with E-state index in [1.54, 1.807) is 0 Å². The van der Waals surface area contributed by atoms with Gasteiger partial charge in [0.1, 0.15) is 0 Å². The monoisotopic (exact) mass is 336 g/mol. The number of piperidine rings is 1. The van der Waals surface area contributed by atoms with Gasteiger partial charge in [-0.2, -0.15) is 0 Å². The number of hydrogen-bond donors (Lipinski definition) is 1. The molecule has 1 aliphatic heterocycles. The average molecular weight is 337 g/mol. The Morgan fingerprint density at radius 1 is 1.30 bits per heavy atom. The van der Waals surface area contributed by atoms with E-state index in [1.807, 2.05) is 36.1 Å². The molecule has 1 saturated heterocycles. The molecule has 23 heavy (non-hydrogen) atoms. The summed E-state index contributed by atoms with van der Waals surface area (Å²) < 4.78 is 0. The van der Waals surface area contributed by atoms with Crippen molar-refractivity contribution in [1.29, 1.82) is 0 Å². The Bertz CT molecular complexity index is 530. The van der Waals surface area contributed by atoms with Gasteiger partial charge in [-0.05, 0) is 43.4 Å². The number of rotatable bonds is 6. The molecule has 1 atom stereocenters. The summed E-state index contributed by atoms with van der Waals surface area (Å²) in [6.45, 7) is 3.96. The third-order valence-corrected chi connectivity index (χ3v) is 4.49. The van der Waals surface area contributed by atoms with Crippen molar-refractivity contribution in [3.05, 3.63) is 34.9 Å². The SMILES string of the molecule is CCCC(=O)N1CCCC(C(=O)NCCc2ccc(Cl)cc2)C1. The lowest BCUT2D eigenvalue weighted by molar-refractivity contribution is -0.135. The Morgan fingerprint density at radius 2 is 2.04 bits per heavy atom. The van der Waals surface area contributed by atoms with Crippen molar-refractivity contribution in [3.63, 3.8) is 0 Å². The second-order valence-corrected chi connectivity index (χ2v) is 6.53. The predicted octanol–water partition coefficient (Wildman–Crippen LogP) is 3.04. The van der Waals surface area contributed by atoms with Crippen LogP contribution in [0.25, 0.3) is 0 Å².